The Morgan fingerprint density at radius 1 is 1.50 bits per heavy atom. The molecule has 1 aromatic carbocycles. The summed E-state index contributed by atoms with van der Waals surface area (Å²) in [6.45, 7) is 5.96. The highest BCUT2D eigenvalue weighted by Crippen LogP contribution is 2.18. The Bertz CT molecular complexity index is 664. The van der Waals surface area contributed by atoms with Crippen LogP contribution >= 0.6 is 0 Å². The highest BCUT2D eigenvalue weighted by atomic mass is 19.1. The molecule has 0 fully saturated rings. The molecule has 1 heterocycles. The van der Waals surface area contributed by atoms with Gasteiger partial charge in [0.05, 0.1) is 23.0 Å². The van der Waals surface area contributed by atoms with E-state index in [1.165, 1.54) is 12.4 Å². The van der Waals surface area contributed by atoms with Gasteiger partial charge in [-0.1, -0.05) is 13.8 Å². The van der Waals surface area contributed by atoms with Crippen molar-refractivity contribution >= 4 is 16.9 Å². The zero-order valence-electron chi connectivity index (χ0n) is 13.1. The van der Waals surface area contributed by atoms with Crippen LogP contribution in [-0.2, 0) is 0 Å². The molecule has 6 heteroatoms. The van der Waals surface area contributed by atoms with Crippen LogP contribution in [0.4, 0.5) is 4.39 Å². The summed E-state index contributed by atoms with van der Waals surface area (Å²) in [5, 5.41) is 12.9. The number of aromatic amines is 1. The van der Waals surface area contributed by atoms with Gasteiger partial charge in [0.1, 0.15) is 11.3 Å². The Morgan fingerprint density at radius 3 is 2.91 bits per heavy atom. The number of aliphatic hydroxyl groups is 1. The molecule has 2 aromatic rings. The fraction of sp³-hybridized carbons (Fsp3) is 0.500. The smallest absolute Gasteiger partial charge is 0.253 e. The number of amides is 1. The highest BCUT2D eigenvalue weighted by molar-refractivity contribution is 6.04. The fourth-order valence-electron chi connectivity index (χ4n) is 2.24. The first-order valence-corrected chi connectivity index (χ1v) is 7.42. The lowest BCUT2D eigenvalue weighted by Gasteiger charge is -2.24. The van der Waals surface area contributed by atoms with Crippen LogP contribution in [0, 0.1) is 11.7 Å². The van der Waals surface area contributed by atoms with Crippen molar-refractivity contribution in [2.45, 2.75) is 39.2 Å². The van der Waals surface area contributed by atoms with E-state index in [4.69, 9.17) is 0 Å². The van der Waals surface area contributed by atoms with Gasteiger partial charge in [-0.05, 0) is 37.8 Å². The van der Waals surface area contributed by atoms with E-state index in [0.717, 1.165) is 12.5 Å². The first-order valence-electron chi connectivity index (χ1n) is 7.42. The second-order valence-electron chi connectivity index (χ2n) is 6.36. The van der Waals surface area contributed by atoms with Gasteiger partial charge in [0.2, 0.25) is 0 Å². The summed E-state index contributed by atoms with van der Waals surface area (Å²) in [6, 6.07) is 2.44. The molecule has 120 valence electrons. The van der Waals surface area contributed by atoms with Gasteiger partial charge in [0, 0.05) is 6.54 Å². The van der Waals surface area contributed by atoms with Crippen LogP contribution in [0.15, 0.2) is 18.5 Å². The zero-order chi connectivity index (χ0) is 16.3. The molecule has 0 spiro atoms. The van der Waals surface area contributed by atoms with E-state index in [1.807, 2.05) is 0 Å². The van der Waals surface area contributed by atoms with Crippen molar-refractivity contribution < 1.29 is 14.3 Å². The molecule has 0 saturated carbocycles. The van der Waals surface area contributed by atoms with Gasteiger partial charge in [0.25, 0.3) is 5.91 Å². The molecule has 1 amide bonds. The second kappa shape index (κ2) is 6.44. The molecule has 0 radical (unpaired) electrons. The van der Waals surface area contributed by atoms with Gasteiger partial charge >= 0.3 is 0 Å². The van der Waals surface area contributed by atoms with E-state index >= 15 is 0 Å². The van der Waals surface area contributed by atoms with Crippen LogP contribution in [0.3, 0.4) is 0 Å². The van der Waals surface area contributed by atoms with Crippen LogP contribution in [-0.4, -0.2) is 33.1 Å². The first-order chi connectivity index (χ1) is 10.3. The average Bonchev–Trinajstić information content (AvgIpc) is 2.90. The van der Waals surface area contributed by atoms with Crippen molar-refractivity contribution in [1.82, 2.24) is 15.3 Å². The molecule has 1 unspecified atom stereocenters. The molecule has 1 atom stereocenters. The summed E-state index contributed by atoms with van der Waals surface area (Å²) in [4.78, 5) is 19.1. The molecule has 5 nitrogen and oxygen atoms in total. The molecule has 0 saturated heterocycles. The summed E-state index contributed by atoms with van der Waals surface area (Å²) >= 11 is 0. The number of fused-ring (bicyclic) bond motifs is 1. The van der Waals surface area contributed by atoms with Crippen LogP contribution in [0.5, 0.6) is 0 Å². The van der Waals surface area contributed by atoms with Gasteiger partial charge in [-0.2, -0.15) is 0 Å². The molecule has 3 N–H and O–H groups in total. The maximum Gasteiger partial charge on any atom is 0.253 e. The predicted octanol–water partition coefficient (Wildman–Crippen LogP) is 2.62. The van der Waals surface area contributed by atoms with Gasteiger partial charge in [0.15, 0.2) is 0 Å². The van der Waals surface area contributed by atoms with Crippen LogP contribution < -0.4 is 5.32 Å². The number of nitrogens with zero attached hydrogens (tertiary/aromatic N) is 1. The van der Waals surface area contributed by atoms with E-state index in [9.17, 15) is 14.3 Å². The third kappa shape index (κ3) is 4.04. The number of benzene rings is 1. The summed E-state index contributed by atoms with van der Waals surface area (Å²) < 4.78 is 13.5. The predicted molar refractivity (Wildman–Crippen MR) is 83.1 cm³/mol. The Hall–Kier alpha value is -1.95. The Labute approximate surface area is 128 Å². The number of carbonyl (C=O) groups excluding carboxylic acids is 1. The number of aromatic nitrogens is 2. The molecule has 0 bridgehead atoms. The quantitative estimate of drug-likeness (QED) is 0.767. The monoisotopic (exact) mass is 307 g/mol. The van der Waals surface area contributed by atoms with E-state index < -0.39 is 17.3 Å². The maximum atomic E-state index is 13.5. The Morgan fingerprint density at radius 2 is 2.23 bits per heavy atom. The number of carbonyl (C=O) groups is 1. The molecular weight excluding hydrogens is 285 g/mol. The van der Waals surface area contributed by atoms with Crippen molar-refractivity contribution in [2.24, 2.45) is 5.92 Å². The molecule has 0 aliphatic carbocycles. The zero-order valence-corrected chi connectivity index (χ0v) is 13.1. The van der Waals surface area contributed by atoms with Gasteiger partial charge in [-0.25, -0.2) is 9.37 Å². The third-order valence-corrected chi connectivity index (χ3v) is 3.62. The second-order valence-corrected chi connectivity index (χ2v) is 6.36. The fourth-order valence-corrected chi connectivity index (χ4v) is 2.24. The summed E-state index contributed by atoms with van der Waals surface area (Å²) in [5.41, 5.74) is 0.0612. The van der Waals surface area contributed by atoms with Gasteiger partial charge in [-0.15, -0.1) is 0 Å². The summed E-state index contributed by atoms with van der Waals surface area (Å²) in [7, 11) is 0. The number of rotatable bonds is 6. The van der Waals surface area contributed by atoms with Crippen LogP contribution in [0.1, 0.15) is 44.0 Å². The minimum atomic E-state index is -0.988. The SMILES string of the molecule is CC(C)CCC(C)(O)CNC(=O)c1cc(F)cc2[nH]cnc12. The topological polar surface area (TPSA) is 78.0 Å². The largest absolute Gasteiger partial charge is 0.388 e. The number of nitrogens with one attached hydrogen (secondary N) is 2. The van der Waals surface area contributed by atoms with Crippen LogP contribution in [0.2, 0.25) is 0 Å². The average molecular weight is 307 g/mol. The van der Waals surface area contributed by atoms with E-state index in [-0.39, 0.29) is 12.1 Å². The lowest BCUT2D eigenvalue weighted by atomic mass is 9.95. The van der Waals surface area contributed by atoms with E-state index in [0.29, 0.717) is 23.4 Å². The lowest BCUT2D eigenvalue weighted by molar-refractivity contribution is 0.0429. The lowest BCUT2D eigenvalue weighted by Crippen LogP contribution is -2.40. The highest BCUT2D eigenvalue weighted by Gasteiger charge is 2.23. The minimum absolute atomic E-state index is 0.112. The van der Waals surface area contributed by atoms with Crippen molar-refractivity contribution in [3.8, 4) is 0 Å². The molecule has 1 aromatic heterocycles. The maximum absolute atomic E-state index is 13.5. The number of H-pyrrole nitrogens is 1. The molecule has 22 heavy (non-hydrogen) atoms. The minimum Gasteiger partial charge on any atom is -0.388 e. The number of halogens is 1. The van der Waals surface area contributed by atoms with E-state index in [2.05, 4.69) is 29.1 Å². The summed E-state index contributed by atoms with van der Waals surface area (Å²) in [5.74, 6) is -0.469. The van der Waals surface area contributed by atoms with Gasteiger partial charge in [-0.3, -0.25) is 4.79 Å². The van der Waals surface area contributed by atoms with Crippen molar-refractivity contribution in [2.75, 3.05) is 6.54 Å². The third-order valence-electron chi connectivity index (χ3n) is 3.62. The molecule has 2 rings (SSSR count). The number of hydrogen-bond acceptors (Lipinski definition) is 3. The Kier molecular flexibility index (Phi) is 4.81. The number of imidazole rings is 1. The van der Waals surface area contributed by atoms with Gasteiger partial charge < -0.3 is 15.4 Å². The molecular formula is C16H22FN3O2. The summed E-state index contributed by atoms with van der Waals surface area (Å²) in [6.07, 6.45) is 2.87. The van der Waals surface area contributed by atoms with Crippen molar-refractivity contribution in [3.05, 3.63) is 29.8 Å². The van der Waals surface area contributed by atoms with Crippen molar-refractivity contribution in [1.29, 1.82) is 0 Å². The van der Waals surface area contributed by atoms with E-state index in [1.54, 1.807) is 6.92 Å². The van der Waals surface area contributed by atoms with Crippen LogP contribution in [0.25, 0.3) is 11.0 Å². The molecule has 0 aliphatic heterocycles. The molecule has 0 aliphatic rings. The Balaban J connectivity index is 2.07. The number of hydrogen-bond donors (Lipinski definition) is 3. The first kappa shape index (κ1) is 16.4. The van der Waals surface area contributed by atoms with Crippen molar-refractivity contribution in [3.63, 3.8) is 0 Å². The standard InChI is InChI=1S/C16H22FN3O2/c1-10(2)4-5-16(3,22)8-18-15(21)12-6-11(17)7-13-14(12)20-9-19-13/h6-7,9-10,22H,4-5,8H2,1-3H3,(H,18,21)(H,19,20). The normalized spacial score (nSPS) is 14.3.